The lowest BCUT2D eigenvalue weighted by Crippen LogP contribution is -2.39. The van der Waals surface area contributed by atoms with Gasteiger partial charge in [0.1, 0.15) is 21.5 Å². The number of rotatable bonds is 4. The molecule has 0 spiro atoms. The minimum absolute atomic E-state index is 0.139. The van der Waals surface area contributed by atoms with E-state index in [4.69, 9.17) is 15.2 Å². The van der Waals surface area contributed by atoms with Crippen LogP contribution in [-0.2, 0) is 9.47 Å². The average molecular weight is 309 g/mol. The van der Waals surface area contributed by atoms with Gasteiger partial charge in [0.25, 0.3) is 0 Å². The van der Waals surface area contributed by atoms with Crippen LogP contribution in [0.1, 0.15) is 35.0 Å². The zero-order chi connectivity index (χ0) is 15.4. The van der Waals surface area contributed by atoms with Crippen LogP contribution in [0.15, 0.2) is 0 Å². The predicted octanol–water partition coefficient (Wildman–Crippen LogP) is 1.99. The number of anilines is 2. The maximum absolute atomic E-state index is 11.9. The van der Waals surface area contributed by atoms with Gasteiger partial charge in [0.2, 0.25) is 0 Å². The number of nitrogen functional groups attached to an aromatic ring is 1. The second-order valence-corrected chi connectivity index (χ2v) is 5.80. The summed E-state index contributed by atoms with van der Waals surface area (Å²) in [6.07, 6.45) is 2.12. The van der Waals surface area contributed by atoms with Crippen LogP contribution in [0.25, 0.3) is 0 Å². The van der Waals surface area contributed by atoms with Crippen molar-refractivity contribution in [1.82, 2.24) is 0 Å². The highest BCUT2D eigenvalue weighted by atomic mass is 32.1. The summed E-state index contributed by atoms with van der Waals surface area (Å²) in [6, 6.07) is 2.11. The number of nitrogens with two attached hydrogens (primary N) is 1. The molecule has 1 aliphatic heterocycles. The van der Waals surface area contributed by atoms with Gasteiger partial charge >= 0.3 is 5.97 Å². The molecule has 6 nitrogen and oxygen atoms in total. The first-order valence-electron chi connectivity index (χ1n) is 6.89. The molecule has 114 valence electrons. The minimum Gasteiger partial charge on any atom is -0.462 e. The normalized spacial score (nSPS) is 18.3. The van der Waals surface area contributed by atoms with Crippen LogP contribution in [0.4, 0.5) is 10.7 Å². The smallest absolute Gasteiger partial charge is 0.350 e. The molecule has 1 aromatic heterocycles. The molecule has 1 unspecified atom stereocenters. The first kappa shape index (κ1) is 15.6. The molecule has 7 heteroatoms. The Labute approximate surface area is 128 Å². The van der Waals surface area contributed by atoms with Gasteiger partial charge in [0.15, 0.2) is 0 Å². The van der Waals surface area contributed by atoms with Gasteiger partial charge < -0.3 is 20.1 Å². The second-order valence-electron chi connectivity index (χ2n) is 4.80. The van der Waals surface area contributed by atoms with E-state index in [9.17, 15) is 10.1 Å². The molecule has 0 amide bonds. The number of ether oxygens (including phenoxy) is 2. The molecule has 0 radical (unpaired) electrons. The molecule has 0 aromatic carbocycles. The first-order chi connectivity index (χ1) is 10.1. The highest BCUT2D eigenvalue weighted by Crippen LogP contribution is 2.39. The lowest BCUT2D eigenvalue weighted by Gasteiger charge is -2.32. The molecule has 1 fully saturated rings. The number of methoxy groups -OCH3 is 1. The van der Waals surface area contributed by atoms with Crippen molar-refractivity contribution in [2.24, 2.45) is 0 Å². The van der Waals surface area contributed by atoms with Crippen molar-refractivity contribution in [2.45, 2.75) is 25.9 Å². The number of piperidine rings is 1. The van der Waals surface area contributed by atoms with E-state index < -0.39 is 5.97 Å². The number of carbonyl (C=O) groups is 1. The summed E-state index contributed by atoms with van der Waals surface area (Å²) in [7, 11) is 1.69. The molecule has 0 aliphatic carbocycles. The van der Waals surface area contributed by atoms with Crippen molar-refractivity contribution in [3.63, 3.8) is 0 Å². The first-order valence-corrected chi connectivity index (χ1v) is 7.71. The standard InChI is InChI=1S/C14H19N3O3S/c1-3-20-14(18)12-11(16)10(7-15)13(21-12)17-6-4-5-9(8-17)19-2/h9H,3-6,8,16H2,1-2H3. The molecule has 1 atom stereocenters. The Morgan fingerprint density at radius 1 is 1.62 bits per heavy atom. The Kier molecular flexibility index (Phi) is 5.04. The summed E-state index contributed by atoms with van der Waals surface area (Å²) in [5.41, 5.74) is 6.53. The molecule has 21 heavy (non-hydrogen) atoms. The van der Waals surface area contributed by atoms with Crippen LogP contribution < -0.4 is 10.6 Å². The molecule has 0 saturated carbocycles. The van der Waals surface area contributed by atoms with Crippen molar-refractivity contribution in [2.75, 3.05) is 37.4 Å². The van der Waals surface area contributed by atoms with Gasteiger partial charge in [-0.1, -0.05) is 0 Å². The number of thiophene rings is 1. The van der Waals surface area contributed by atoms with E-state index >= 15 is 0 Å². The van der Waals surface area contributed by atoms with Crippen LogP contribution in [0.5, 0.6) is 0 Å². The van der Waals surface area contributed by atoms with Crippen molar-refractivity contribution in [3.05, 3.63) is 10.4 Å². The molecule has 1 aromatic rings. The Morgan fingerprint density at radius 2 is 2.38 bits per heavy atom. The van der Waals surface area contributed by atoms with Crippen LogP contribution in [0.2, 0.25) is 0 Å². The van der Waals surface area contributed by atoms with Crippen molar-refractivity contribution in [3.8, 4) is 6.07 Å². The quantitative estimate of drug-likeness (QED) is 0.856. The zero-order valence-corrected chi connectivity index (χ0v) is 13.0. The van der Waals surface area contributed by atoms with Crippen molar-refractivity contribution >= 4 is 28.0 Å². The molecule has 1 saturated heterocycles. The number of nitriles is 1. The summed E-state index contributed by atoms with van der Waals surface area (Å²) in [5.74, 6) is -0.469. The molecule has 2 rings (SSSR count). The fourth-order valence-corrected chi connectivity index (χ4v) is 3.53. The Bertz CT molecular complexity index is 565. The monoisotopic (exact) mass is 309 g/mol. The number of carbonyl (C=O) groups excluding carboxylic acids is 1. The maximum atomic E-state index is 11.9. The van der Waals surface area contributed by atoms with E-state index in [1.807, 2.05) is 0 Å². The molecule has 2 N–H and O–H groups in total. The SMILES string of the molecule is CCOC(=O)c1sc(N2CCCC(OC)C2)c(C#N)c1N. The summed E-state index contributed by atoms with van der Waals surface area (Å²) in [6.45, 7) is 3.55. The lowest BCUT2D eigenvalue weighted by atomic mass is 10.1. The van der Waals surface area contributed by atoms with Gasteiger partial charge in [0, 0.05) is 20.2 Å². The molecule has 2 heterocycles. The van der Waals surface area contributed by atoms with Gasteiger partial charge in [0.05, 0.1) is 18.4 Å². The zero-order valence-electron chi connectivity index (χ0n) is 12.2. The fraction of sp³-hybridized carbons (Fsp3) is 0.571. The van der Waals surface area contributed by atoms with Crippen molar-refractivity contribution in [1.29, 1.82) is 5.26 Å². The topological polar surface area (TPSA) is 88.6 Å². The second kappa shape index (κ2) is 6.78. The fourth-order valence-electron chi connectivity index (χ4n) is 2.43. The van der Waals surface area contributed by atoms with E-state index in [1.165, 1.54) is 11.3 Å². The van der Waals surface area contributed by atoms with E-state index in [-0.39, 0.29) is 18.4 Å². The molecular weight excluding hydrogens is 290 g/mol. The molecule has 1 aliphatic rings. The van der Waals surface area contributed by atoms with Crippen LogP contribution in [0, 0.1) is 11.3 Å². The van der Waals surface area contributed by atoms with E-state index in [1.54, 1.807) is 14.0 Å². The van der Waals surface area contributed by atoms with Crippen LogP contribution in [0.3, 0.4) is 0 Å². The van der Waals surface area contributed by atoms with Gasteiger partial charge in [-0.2, -0.15) is 5.26 Å². The third-order valence-electron chi connectivity index (χ3n) is 3.50. The van der Waals surface area contributed by atoms with E-state index in [0.717, 1.165) is 24.4 Å². The Morgan fingerprint density at radius 3 is 3.00 bits per heavy atom. The number of hydrogen-bond donors (Lipinski definition) is 1. The van der Waals surface area contributed by atoms with Crippen LogP contribution in [-0.4, -0.2) is 38.9 Å². The Hall–Kier alpha value is -1.78. The van der Waals surface area contributed by atoms with Gasteiger partial charge in [-0.05, 0) is 19.8 Å². The number of esters is 1. The highest BCUT2D eigenvalue weighted by Gasteiger charge is 2.28. The van der Waals surface area contributed by atoms with Crippen molar-refractivity contribution < 1.29 is 14.3 Å². The maximum Gasteiger partial charge on any atom is 0.350 e. The highest BCUT2D eigenvalue weighted by molar-refractivity contribution is 7.18. The number of hydrogen-bond acceptors (Lipinski definition) is 7. The average Bonchev–Trinajstić information content (AvgIpc) is 2.84. The minimum atomic E-state index is -0.469. The molecule has 0 bridgehead atoms. The van der Waals surface area contributed by atoms with Gasteiger partial charge in [-0.3, -0.25) is 0 Å². The summed E-state index contributed by atoms with van der Waals surface area (Å²) < 4.78 is 10.4. The van der Waals surface area contributed by atoms with Gasteiger partial charge in [-0.25, -0.2) is 4.79 Å². The molecular formula is C14H19N3O3S. The summed E-state index contributed by atoms with van der Waals surface area (Å²) in [5, 5.41) is 10.1. The summed E-state index contributed by atoms with van der Waals surface area (Å²) in [4.78, 5) is 14.3. The van der Waals surface area contributed by atoms with E-state index in [0.29, 0.717) is 17.0 Å². The third-order valence-corrected chi connectivity index (χ3v) is 4.74. The van der Waals surface area contributed by atoms with Gasteiger partial charge in [-0.15, -0.1) is 11.3 Å². The van der Waals surface area contributed by atoms with Crippen LogP contribution >= 0.6 is 11.3 Å². The Balaban J connectivity index is 2.33. The lowest BCUT2D eigenvalue weighted by molar-refractivity contribution is 0.0533. The largest absolute Gasteiger partial charge is 0.462 e. The summed E-state index contributed by atoms with van der Waals surface area (Å²) >= 11 is 1.23. The third kappa shape index (κ3) is 3.12. The number of nitrogens with zero attached hydrogens (tertiary/aromatic N) is 2. The predicted molar refractivity (Wildman–Crippen MR) is 81.6 cm³/mol. The van der Waals surface area contributed by atoms with E-state index in [2.05, 4.69) is 11.0 Å².